The van der Waals surface area contributed by atoms with E-state index >= 15 is 0 Å². The van der Waals surface area contributed by atoms with Gasteiger partial charge < -0.3 is 0 Å². The Kier molecular flexibility index (Phi) is 4.15. The van der Waals surface area contributed by atoms with Crippen molar-refractivity contribution in [1.29, 1.82) is 5.26 Å². The topological polar surface area (TPSA) is 57.9 Å². The molecule has 1 aromatic carbocycles. The molecule has 2 aromatic rings. The van der Waals surface area contributed by atoms with Gasteiger partial charge in [-0.1, -0.05) is 11.6 Å². The summed E-state index contributed by atoms with van der Waals surface area (Å²) >= 11 is 6.86. The number of carbonyl (C=O) groups is 1. The second kappa shape index (κ2) is 5.66. The molecule has 0 spiro atoms. The predicted octanol–water partition coefficient (Wildman–Crippen LogP) is 3.24. The van der Waals surface area contributed by atoms with E-state index in [0.717, 1.165) is 11.3 Å². The number of rotatable bonds is 3. The Hall–Kier alpha value is -1.48. The fourth-order valence-electron chi connectivity index (χ4n) is 1.52. The summed E-state index contributed by atoms with van der Waals surface area (Å²) in [7, 11) is -1.27. The summed E-state index contributed by atoms with van der Waals surface area (Å²) in [5.41, 5.74) is 0.784. The lowest BCUT2D eigenvalue weighted by atomic mass is 10.1. The van der Waals surface area contributed by atoms with Crippen LogP contribution in [0.25, 0.3) is 0 Å². The molecule has 0 aliphatic rings. The van der Waals surface area contributed by atoms with Crippen LogP contribution in [0.15, 0.2) is 34.5 Å². The highest BCUT2D eigenvalue weighted by Gasteiger charge is 2.17. The number of carbonyl (C=O) groups excluding carboxylic acids is 1. The first kappa shape index (κ1) is 13.9. The van der Waals surface area contributed by atoms with Crippen molar-refractivity contribution in [3.8, 4) is 6.07 Å². The average molecular weight is 310 g/mol. The average Bonchev–Trinajstić information content (AvgIpc) is 2.83. The van der Waals surface area contributed by atoms with Crippen LogP contribution in [0.5, 0.6) is 0 Å². The van der Waals surface area contributed by atoms with Crippen LogP contribution >= 0.6 is 22.9 Å². The molecule has 3 nitrogen and oxygen atoms in total. The molecule has 96 valence electrons. The zero-order valence-electron chi connectivity index (χ0n) is 9.84. The Bertz CT molecular complexity index is 698. The molecule has 6 heteroatoms. The van der Waals surface area contributed by atoms with E-state index in [1.807, 2.05) is 6.07 Å². The molecule has 0 saturated heterocycles. The van der Waals surface area contributed by atoms with E-state index in [1.165, 1.54) is 12.3 Å². The highest BCUT2D eigenvalue weighted by atomic mass is 35.5. The van der Waals surface area contributed by atoms with Gasteiger partial charge in [0.05, 0.1) is 21.2 Å². The molecule has 0 amide bonds. The minimum Gasteiger partial charge on any atom is -0.288 e. The number of hydrogen-bond acceptors (Lipinski definition) is 4. The van der Waals surface area contributed by atoms with Crippen molar-refractivity contribution in [2.45, 2.75) is 4.21 Å². The van der Waals surface area contributed by atoms with Crippen LogP contribution < -0.4 is 0 Å². The Balaban J connectivity index is 2.43. The van der Waals surface area contributed by atoms with E-state index in [-0.39, 0.29) is 5.78 Å². The molecule has 0 radical (unpaired) electrons. The predicted molar refractivity (Wildman–Crippen MR) is 76.3 cm³/mol. The lowest BCUT2D eigenvalue weighted by Gasteiger charge is -1.97. The molecular formula is C13H8ClNO2S2. The number of halogens is 1. The molecule has 1 unspecified atom stereocenters. The summed E-state index contributed by atoms with van der Waals surface area (Å²) in [6.45, 7) is 0. The Labute approximate surface area is 121 Å². The number of nitrogens with zero attached hydrogens (tertiary/aromatic N) is 1. The van der Waals surface area contributed by atoms with Crippen LogP contribution in [-0.4, -0.2) is 16.2 Å². The van der Waals surface area contributed by atoms with Crippen LogP contribution in [0.2, 0.25) is 5.02 Å². The third kappa shape index (κ3) is 2.92. The second-order valence-electron chi connectivity index (χ2n) is 3.71. The number of ketones is 1. The summed E-state index contributed by atoms with van der Waals surface area (Å²) < 4.78 is 11.9. The number of thiophene rings is 1. The Morgan fingerprint density at radius 1 is 1.37 bits per heavy atom. The van der Waals surface area contributed by atoms with Crippen molar-refractivity contribution < 1.29 is 9.00 Å². The maximum absolute atomic E-state index is 12.2. The van der Waals surface area contributed by atoms with Gasteiger partial charge >= 0.3 is 0 Å². The minimum atomic E-state index is -1.27. The van der Waals surface area contributed by atoms with E-state index in [1.54, 1.807) is 24.3 Å². The maximum Gasteiger partial charge on any atom is 0.203 e. The van der Waals surface area contributed by atoms with Crippen LogP contribution in [0.4, 0.5) is 0 Å². The number of benzene rings is 1. The van der Waals surface area contributed by atoms with Gasteiger partial charge in [0.1, 0.15) is 10.3 Å². The third-order valence-corrected chi connectivity index (χ3v) is 5.29. The molecular weight excluding hydrogens is 302 g/mol. The lowest BCUT2D eigenvalue weighted by Crippen LogP contribution is -1.97. The van der Waals surface area contributed by atoms with E-state index < -0.39 is 10.8 Å². The molecule has 1 atom stereocenters. The van der Waals surface area contributed by atoms with Gasteiger partial charge in [0.2, 0.25) is 5.78 Å². The van der Waals surface area contributed by atoms with E-state index in [4.69, 9.17) is 16.9 Å². The molecule has 0 aliphatic heterocycles. The molecule has 0 bridgehead atoms. The third-order valence-electron chi connectivity index (χ3n) is 2.41. The molecule has 1 aromatic heterocycles. The first-order valence-electron chi connectivity index (χ1n) is 5.20. The fourth-order valence-corrected chi connectivity index (χ4v) is 3.60. The van der Waals surface area contributed by atoms with Gasteiger partial charge in [0.15, 0.2) is 0 Å². The number of nitriles is 1. The molecule has 0 aliphatic carbocycles. The van der Waals surface area contributed by atoms with Gasteiger partial charge in [-0.2, -0.15) is 5.26 Å². The van der Waals surface area contributed by atoms with Crippen molar-refractivity contribution in [2.24, 2.45) is 0 Å². The summed E-state index contributed by atoms with van der Waals surface area (Å²) in [4.78, 5) is 12.6. The van der Waals surface area contributed by atoms with E-state index in [0.29, 0.717) is 25.2 Å². The first-order valence-corrected chi connectivity index (χ1v) is 7.96. The van der Waals surface area contributed by atoms with Gasteiger partial charge in [-0.25, -0.2) is 0 Å². The van der Waals surface area contributed by atoms with Gasteiger partial charge in [0, 0.05) is 16.8 Å². The molecule has 1 heterocycles. The molecule has 0 N–H and O–H groups in total. The Morgan fingerprint density at radius 2 is 2.00 bits per heavy atom. The van der Waals surface area contributed by atoms with Crippen LogP contribution in [-0.2, 0) is 10.8 Å². The highest BCUT2D eigenvalue weighted by molar-refractivity contribution is 7.86. The quantitative estimate of drug-likeness (QED) is 0.818. The number of hydrogen-bond donors (Lipinski definition) is 0. The van der Waals surface area contributed by atoms with Gasteiger partial charge in [-0.3, -0.25) is 9.00 Å². The van der Waals surface area contributed by atoms with Crippen molar-refractivity contribution in [3.05, 3.63) is 51.4 Å². The van der Waals surface area contributed by atoms with Crippen molar-refractivity contribution in [1.82, 2.24) is 0 Å². The second-order valence-corrected chi connectivity index (χ2v) is 6.78. The largest absolute Gasteiger partial charge is 0.288 e. The first-order chi connectivity index (χ1) is 9.02. The van der Waals surface area contributed by atoms with Crippen LogP contribution in [0.3, 0.4) is 0 Å². The molecule has 0 saturated carbocycles. The Morgan fingerprint density at radius 3 is 2.47 bits per heavy atom. The highest BCUT2D eigenvalue weighted by Crippen LogP contribution is 2.27. The SMILES string of the molecule is CS(=O)c1sc(C(=O)c2ccc(Cl)cc2)cc1C#N. The molecule has 19 heavy (non-hydrogen) atoms. The summed E-state index contributed by atoms with van der Waals surface area (Å²) in [6, 6.07) is 9.95. The normalized spacial score (nSPS) is 11.8. The minimum absolute atomic E-state index is 0.199. The van der Waals surface area contributed by atoms with Gasteiger partial charge in [-0.05, 0) is 30.3 Å². The molecule has 0 fully saturated rings. The van der Waals surface area contributed by atoms with E-state index in [9.17, 15) is 9.00 Å². The van der Waals surface area contributed by atoms with Gasteiger partial charge in [-0.15, -0.1) is 11.3 Å². The van der Waals surface area contributed by atoms with Gasteiger partial charge in [0.25, 0.3) is 0 Å². The summed E-state index contributed by atoms with van der Waals surface area (Å²) in [5, 5.41) is 9.51. The molecule has 2 rings (SSSR count). The van der Waals surface area contributed by atoms with Crippen LogP contribution in [0, 0.1) is 11.3 Å². The summed E-state index contributed by atoms with van der Waals surface area (Å²) in [5.74, 6) is -0.199. The van der Waals surface area contributed by atoms with Crippen molar-refractivity contribution in [3.63, 3.8) is 0 Å². The van der Waals surface area contributed by atoms with Crippen molar-refractivity contribution >= 4 is 39.5 Å². The maximum atomic E-state index is 12.2. The monoisotopic (exact) mass is 309 g/mol. The summed E-state index contributed by atoms with van der Waals surface area (Å²) in [6.07, 6.45) is 1.49. The van der Waals surface area contributed by atoms with E-state index in [2.05, 4.69) is 0 Å². The lowest BCUT2D eigenvalue weighted by molar-refractivity contribution is 0.104. The zero-order chi connectivity index (χ0) is 14.0. The standard InChI is InChI=1S/C13H8ClNO2S2/c1-19(17)13-9(7-15)6-11(18-13)12(16)8-2-4-10(14)5-3-8/h2-6H,1H3. The van der Waals surface area contributed by atoms with Crippen LogP contribution in [0.1, 0.15) is 20.8 Å². The van der Waals surface area contributed by atoms with Crippen molar-refractivity contribution in [2.75, 3.05) is 6.26 Å². The smallest absolute Gasteiger partial charge is 0.203 e. The zero-order valence-corrected chi connectivity index (χ0v) is 12.2. The fraction of sp³-hybridized carbons (Fsp3) is 0.0769.